The zero-order chi connectivity index (χ0) is 10.6. The van der Waals surface area contributed by atoms with E-state index < -0.39 is 0 Å². The lowest BCUT2D eigenvalue weighted by molar-refractivity contribution is 0.675. The number of allylic oxidation sites excluding steroid dienone is 1. The van der Waals surface area contributed by atoms with E-state index >= 15 is 0 Å². The summed E-state index contributed by atoms with van der Waals surface area (Å²) in [6.45, 7) is 10.5. The van der Waals surface area contributed by atoms with Crippen LogP contribution in [0, 0.1) is 0 Å². The molecule has 0 aromatic rings. The SMILES string of the molecule is C=C(/C=C\CCCC)CNCCCC. The molecule has 0 aliphatic carbocycles. The highest BCUT2D eigenvalue weighted by atomic mass is 14.8. The number of unbranched alkanes of at least 4 members (excludes halogenated alkanes) is 3. The first-order valence-corrected chi connectivity index (χ1v) is 5.86. The summed E-state index contributed by atoms with van der Waals surface area (Å²) in [6, 6.07) is 0. The summed E-state index contributed by atoms with van der Waals surface area (Å²) in [5.41, 5.74) is 1.19. The highest BCUT2D eigenvalue weighted by molar-refractivity contribution is 5.15. The molecular weight excluding hydrogens is 170 g/mol. The van der Waals surface area contributed by atoms with Gasteiger partial charge >= 0.3 is 0 Å². The fraction of sp³-hybridized carbons (Fsp3) is 0.692. The average molecular weight is 195 g/mol. The molecule has 0 aliphatic heterocycles. The van der Waals surface area contributed by atoms with E-state index in [1.807, 2.05) is 0 Å². The van der Waals surface area contributed by atoms with E-state index in [0.717, 1.165) is 13.1 Å². The van der Waals surface area contributed by atoms with Gasteiger partial charge < -0.3 is 5.32 Å². The van der Waals surface area contributed by atoms with Gasteiger partial charge in [0.25, 0.3) is 0 Å². The molecule has 0 spiro atoms. The Bertz CT molecular complexity index is 159. The van der Waals surface area contributed by atoms with Crippen LogP contribution in [0.15, 0.2) is 24.3 Å². The van der Waals surface area contributed by atoms with E-state index in [0.29, 0.717) is 0 Å². The van der Waals surface area contributed by atoms with Crippen LogP contribution in [-0.2, 0) is 0 Å². The first-order chi connectivity index (χ1) is 6.81. The molecule has 0 saturated heterocycles. The van der Waals surface area contributed by atoms with Crippen LogP contribution in [0.2, 0.25) is 0 Å². The maximum atomic E-state index is 4.00. The molecule has 0 radical (unpaired) electrons. The molecule has 0 aromatic heterocycles. The van der Waals surface area contributed by atoms with Gasteiger partial charge in [-0.2, -0.15) is 0 Å². The predicted octanol–water partition coefficient (Wildman–Crippen LogP) is 3.68. The molecule has 0 aliphatic rings. The van der Waals surface area contributed by atoms with Gasteiger partial charge in [-0.1, -0.05) is 51.8 Å². The largest absolute Gasteiger partial charge is 0.313 e. The third-order valence-corrected chi connectivity index (χ3v) is 2.14. The minimum Gasteiger partial charge on any atom is -0.313 e. The fourth-order valence-corrected chi connectivity index (χ4v) is 1.18. The molecule has 0 atom stereocenters. The highest BCUT2D eigenvalue weighted by Gasteiger charge is 1.88. The first kappa shape index (κ1) is 13.4. The van der Waals surface area contributed by atoms with E-state index in [9.17, 15) is 0 Å². The standard InChI is InChI=1S/C13H25N/c1-4-6-8-9-10-13(3)12-14-11-7-5-2/h9-10,14H,3-8,11-12H2,1-2H3/b10-9-. The monoisotopic (exact) mass is 195 g/mol. The number of hydrogen-bond acceptors (Lipinski definition) is 1. The normalized spacial score (nSPS) is 11.0. The second-order valence-corrected chi connectivity index (χ2v) is 3.73. The molecule has 0 rings (SSSR count). The summed E-state index contributed by atoms with van der Waals surface area (Å²) in [7, 11) is 0. The first-order valence-electron chi connectivity index (χ1n) is 5.86. The molecule has 0 saturated carbocycles. The minimum absolute atomic E-state index is 0.933. The Balaban J connectivity index is 3.31. The van der Waals surface area contributed by atoms with Crippen molar-refractivity contribution in [3.05, 3.63) is 24.3 Å². The Hall–Kier alpha value is -0.560. The molecular formula is C13H25N. The van der Waals surface area contributed by atoms with Gasteiger partial charge in [0.15, 0.2) is 0 Å². The Morgan fingerprint density at radius 3 is 2.57 bits per heavy atom. The van der Waals surface area contributed by atoms with E-state index in [4.69, 9.17) is 0 Å². The lowest BCUT2D eigenvalue weighted by Crippen LogP contribution is -2.17. The molecule has 0 unspecified atom stereocenters. The molecule has 0 heterocycles. The van der Waals surface area contributed by atoms with Crippen LogP contribution in [0.4, 0.5) is 0 Å². The molecule has 0 bridgehead atoms. The van der Waals surface area contributed by atoms with Crippen molar-refractivity contribution >= 4 is 0 Å². The molecule has 0 aromatic carbocycles. The molecule has 1 nitrogen and oxygen atoms in total. The Kier molecular flexibility index (Phi) is 10.1. The van der Waals surface area contributed by atoms with Crippen LogP contribution in [0.3, 0.4) is 0 Å². The zero-order valence-corrected chi connectivity index (χ0v) is 9.81. The second kappa shape index (κ2) is 10.5. The minimum atomic E-state index is 0.933. The van der Waals surface area contributed by atoms with Crippen LogP contribution in [0.1, 0.15) is 46.0 Å². The summed E-state index contributed by atoms with van der Waals surface area (Å²) < 4.78 is 0. The van der Waals surface area contributed by atoms with Gasteiger partial charge in [-0.25, -0.2) is 0 Å². The third-order valence-electron chi connectivity index (χ3n) is 2.14. The molecule has 1 N–H and O–H groups in total. The van der Waals surface area contributed by atoms with Crippen molar-refractivity contribution in [2.75, 3.05) is 13.1 Å². The lowest BCUT2D eigenvalue weighted by Gasteiger charge is -2.02. The van der Waals surface area contributed by atoms with Gasteiger partial charge in [-0.3, -0.25) is 0 Å². The van der Waals surface area contributed by atoms with Crippen molar-refractivity contribution in [1.29, 1.82) is 0 Å². The van der Waals surface area contributed by atoms with E-state index in [1.54, 1.807) is 0 Å². The van der Waals surface area contributed by atoms with Crippen molar-refractivity contribution in [3.63, 3.8) is 0 Å². The third kappa shape index (κ3) is 9.53. The maximum Gasteiger partial charge on any atom is 0.0199 e. The van der Waals surface area contributed by atoms with Crippen LogP contribution in [-0.4, -0.2) is 13.1 Å². The maximum absolute atomic E-state index is 4.00. The predicted molar refractivity (Wildman–Crippen MR) is 65.6 cm³/mol. The summed E-state index contributed by atoms with van der Waals surface area (Å²) in [5.74, 6) is 0. The zero-order valence-electron chi connectivity index (χ0n) is 9.81. The van der Waals surface area contributed by atoms with Gasteiger partial charge in [0.05, 0.1) is 0 Å². The lowest BCUT2D eigenvalue weighted by atomic mass is 10.2. The summed E-state index contributed by atoms with van der Waals surface area (Å²) in [5, 5.41) is 3.38. The topological polar surface area (TPSA) is 12.0 Å². The van der Waals surface area contributed by atoms with E-state index in [-0.39, 0.29) is 0 Å². The molecule has 0 fully saturated rings. The Morgan fingerprint density at radius 1 is 1.21 bits per heavy atom. The summed E-state index contributed by atoms with van der Waals surface area (Å²) in [6.07, 6.45) is 10.6. The van der Waals surface area contributed by atoms with E-state index in [2.05, 4.69) is 37.9 Å². The average Bonchev–Trinajstić information content (AvgIpc) is 2.19. The Morgan fingerprint density at radius 2 is 1.93 bits per heavy atom. The summed E-state index contributed by atoms with van der Waals surface area (Å²) >= 11 is 0. The molecule has 14 heavy (non-hydrogen) atoms. The van der Waals surface area contributed by atoms with Gasteiger partial charge in [0.1, 0.15) is 0 Å². The summed E-state index contributed by atoms with van der Waals surface area (Å²) in [4.78, 5) is 0. The molecule has 82 valence electrons. The number of nitrogens with one attached hydrogen (secondary N) is 1. The van der Waals surface area contributed by atoms with Gasteiger partial charge in [-0.15, -0.1) is 0 Å². The quantitative estimate of drug-likeness (QED) is 0.437. The van der Waals surface area contributed by atoms with Gasteiger partial charge in [-0.05, 0) is 25.0 Å². The van der Waals surface area contributed by atoms with Crippen molar-refractivity contribution < 1.29 is 0 Å². The smallest absolute Gasteiger partial charge is 0.0199 e. The van der Waals surface area contributed by atoms with E-state index in [1.165, 1.54) is 37.7 Å². The fourth-order valence-electron chi connectivity index (χ4n) is 1.18. The number of hydrogen-bond donors (Lipinski definition) is 1. The van der Waals surface area contributed by atoms with Crippen molar-refractivity contribution in [2.45, 2.75) is 46.0 Å². The van der Waals surface area contributed by atoms with Gasteiger partial charge in [0.2, 0.25) is 0 Å². The highest BCUT2D eigenvalue weighted by Crippen LogP contribution is 1.98. The molecule has 0 amide bonds. The van der Waals surface area contributed by atoms with Crippen molar-refractivity contribution in [3.8, 4) is 0 Å². The van der Waals surface area contributed by atoms with Crippen molar-refractivity contribution in [2.24, 2.45) is 0 Å². The van der Waals surface area contributed by atoms with Crippen LogP contribution in [0.5, 0.6) is 0 Å². The molecule has 1 heteroatoms. The van der Waals surface area contributed by atoms with Gasteiger partial charge in [0, 0.05) is 6.54 Å². The second-order valence-electron chi connectivity index (χ2n) is 3.73. The van der Waals surface area contributed by atoms with Crippen LogP contribution >= 0.6 is 0 Å². The van der Waals surface area contributed by atoms with Crippen molar-refractivity contribution in [1.82, 2.24) is 5.32 Å². The number of rotatable bonds is 9. The van der Waals surface area contributed by atoms with Crippen LogP contribution < -0.4 is 5.32 Å². The Labute approximate surface area is 89.3 Å². The van der Waals surface area contributed by atoms with Crippen LogP contribution in [0.25, 0.3) is 0 Å².